The minimum Gasteiger partial charge on any atom is -0.487 e. The van der Waals surface area contributed by atoms with Crippen molar-refractivity contribution in [2.45, 2.75) is 43.9 Å². The summed E-state index contributed by atoms with van der Waals surface area (Å²) >= 11 is 0. The second-order valence-electron chi connectivity index (χ2n) is 8.69. The van der Waals surface area contributed by atoms with Crippen molar-refractivity contribution in [2.75, 3.05) is 6.54 Å². The Balaban J connectivity index is 1.37. The maximum atomic E-state index is 12.9. The number of nitrogens with one attached hydrogen (secondary N) is 1. The number of amides is 2. The fourth-order valence-electron chi connectivity index (χ4n) is 4.75. The lowest BCUT2D eigenvalue weighted by molar-refractivity contribution is -0.131. The molecule has 3 aromatic rings. The number of rotatable bonds is 4. The van der Waals surface area contributed by atoms with Gasteiger partial charge in [0, 0.05) is 50.3 Å². The fraction of sp³-hybridized carbons (Fsp3) is 0.308. The largest absolute Gasteiger partial charge is 0.487 e. The lowest BCUT2D eigenvalue weighted by Crippen LogP contribution is -2.46. The van der Waals surface area contributed by atoms with Crippen LogP contribution in [0.5, 0.6) is 5.75 Å². The molecule has 3 heterocycles. The quantitative estimate of drug-likeness (QED) is 0.666. The number of para-hydroxylation sites is 1. The molecule has 1 N–H and O–H groups in total. The number of fused-ring (bicyclic) bond motifs is 1. The van der Waals surface area contributed by atoms with E-state index in [1.807, 2.05) is 59.5 Å². The summed E-state index contributed by atoms with van der Waals surface area (Å²) < 4.78 is 6.55. The molecule has 1 fully saturated rings. The Morgan fingerprint density at radius 2 is 1.91 bits per heavy atom. The van der Waals surface area contributed by atoms with E-state index in [9.17, 15) is 9.59 Å². The summed E-state index contributed by atoms with van der Waals surface area (Å²) in [7, 11) is 0. The topological polar surface area (TPSA) is 84.4 Å². The van der Waals surface area contributed by atoms with Crippen molar-refractivity contribution in [3.05, 3.63) is 90.0 Å². The standard InChI is InChI=1S/C26H26N4O3/c31-24-10-11-26(12-15-30(24)18-19-6-2-1-3-7-19)16-21(20-8-4-5-9-23(20)33-26)29-25(32)22-17-27-13-14-28-22/h1-9,13-14,17,21H,10-12,15-16,18H2,(H,29,32)/t21-,26+/m0/s1. The fourth-order valence-corrected chi connectivity index (χ4v) is 4.75. The van der Waals surface area contributed by atoms with Crippen molar-refractivity contribution >= 4 is 11.8 Å². The Labute approximate surface area is 192 Å². The third kappa shape index (κ3) is 4.58. The summed E-state index contributed by atoms with van der Waals surface area (Å²) in [5.74, 6) is 0.630. The highest BCUT2D eigenvalue weighted by Gasteiger charge is 2.43. The van der Waals surface area contributed by atoms with E-state index >= 15 is 0 Å². The second-order valence-corrected chi connectivity index (χ2v) is 8.69. The smallest absolute Gasteiger partial charge is 0.271 e. The Morgan fingerprint density at radius 1 is 1.09 bits per heavy atom. The van der Waals surface area contributed by atoms with Crippen molar-refractivity contribution in [1.82, 2.24) is 20.2 Å². The predicted octanol–water partition coefficient (Wildman–Crippen LogP) is 3.68. The van der Waals surface area contributed by atoms with Gasteiger partial charge in [0.05, 0.1) is 12.2 Å². The van der Waals surface area contributed by atoms with E-state index in [0.717, 1.165) is 16.9 Å². The third-order valence-corrected chi connectivity index (χ3v) is 6.50. The molecule has 1 saturated heterocycles. The first kappa shape index (κ1) is 21.1. The number of carbonyl (C=O) groups is 2. The van der Waals surface area contributed by atoms with Crippen molar-refractivity contribution in [3.8, 4) is 5.75 Å². The minimum atomic E-state index is -0.518. The van der Waals surface area contributed by atoms with Gasteiger partial charge in [-0.25, -0.2) is 4.98 Å². The zero-order chi connectivity index (χ0) is 22.7. The number of benzene rings is 2. The number of aromatic nitrogens is 2. The van der Waals surface area contributed by atoms with Gasteiger partial charge in [0.25, 0.3) is 5.91 Å². The van der Waals surface area contributed by atoms with Crippen LogP contribution in [0.4, 0.5) is 0 Å². The van der Waals surface area contributed by atoms with Crippen LogP contribution in [0.25, 0.3) is 0 Å². The Morgan fingerprint density at radius 3 is 2.73 bits per heavy atom. The van der Waals surface area contributed by atoms with E-state index in [1.54, 1.807) is 6.20 Å². The molecule has 0 aliphatic carbocycles. The number of nitrogens with zero attached hydrogens (tertiary/aromatic N) is 3. The highest BCUT2D eigenvalue weighted by atomic mass is 16.5. The lowest BCUT2D eigenvalue weighted by atomic mass is 9.82. The molecular formula is C26H26N4O3. The number of hydrogen-bond donors (Lipinski definition) is 1. The summed E-state index contributed by atoms with van der Waals surface area (Å²) in [6.07, 6.45) is 6.84. The second kappa shape index (κ2) is 9.02. The van der Waals surface area contributed by atoms with Crippen molar-refractivity contribution in [3.63, 3.8) is 0 Å². The molecule has 7 nitrogen and oxygen atoms in total. The molecule has 33 heavy (non-hydrogen) atoms. The van der Waals surface area contributed by atoms with Crippen LogP contribution in [-0.2, 0) is 11.3 Å². The molecule has 7 heteroatoms. The SMILES string of the molecule is O=C(N[C@H]1C[C@]2(CCC(=O)N(Cc3ccccc3)CC2)Oc2ccccc21)c1cnccn1. The van der Waals surface area contributed by atoms with Gasteiger partial charge in [-0.15, -0.1) is 0 Å². The van der Waals surface area contributed by atoms with Crippen molar-refractivity contribution in [2.24, 2.45) is 0 Å². The Kier molecular flexibility index (Phi) is 5.77. The predicted molar refractivity (Wildman–Crippen MR) is 122 cm³/mol. The van der Waals surface area contributed by atoms with Gasteiger partial charge in [-0.1, -0.05) is 48.5 Å². The molecule has 2 aliphatic heterocycles. The molecule has 0 radical (unpaired) electrons. The van der Waals surface area contributed by atoms with Crippen molar-refractivity contribution in [1.29, 1.82) is 0 Å². The third-order valence-electron chi connectivity index (χ3n) is 6.50. The van der Waals surface area contributed by atoms with Gasteiger partial charge in [0.15, 0.2) is 0 Å². The van der Waals surface area contributed by atoms with E-state index in [2.05, 4.69) is 15.3 Å². The first-order chi connectivity index (χ1) is 16.1. The van der Waals surface area contributed by atoms with E-state index in [0.29, 0.717) is 38.8 Å². The summed E-state index contributed by atoms with van der Waals surface area (Å²) in [6, 6.07) is 17.6. The van der Waals surface area contributed by atoms with Gasteiger partial charge in [-0.05, 0) is 18.1 Å². The Hall–Kier alpha value is -3.74. The molecule has 5 rings (SSSR count). The maximum Gasteiger partial charge on any atom is 0.271 e. The first-order valence-electron chi connectivity index (χ1n) is 11.3. The molecule has 0 unspecified atom stereocenters. The van der Waals surface area contributed by atoms with Crippen LogP contribution in [0.2, 0.25) is 0 Å². The van der Waals surface area contributed by atoms with Crippen LogP contribution in [0.15, 0.2) is 73.2 Å². The van der Waals surface area contributed by atoms with E-state index in [-0.39, 0.29) is 23.6 Å². The number of hydrogen-bond acceptors (Lipinski definition) is 5. The normalized spacial score (nSPS) is 22.2. The number of carbonyl (C=O) groups excluding carboxylic acids is 2. The highest BCUT2D eigenvalue weighted by molar-refractivity contribution is 5.92. The van der Waals surface area contributed by atoms with Gasteiger partial charge < -0.3 is 15.0 Å². The molecule has 1 spiro atoms. The summed E-state index contributed by atoms with van der Waals surface area (Å²) in [6.45, 7) is 1.21. The molecule has 2 aromatic carbocycles. The van der Waals surface area contributed by atoms with Crippen LogP contribution in [0, 0.1) is 0 Å². The number of likely N-dealkylation sites (tertiary alicyclic amines) is 1. The zero-order valence-corrected chi connectivity index (χ0v) is 18.3. The van der Waals surface area contributed by atoms with Gasteiger partial charge in [0.2, 0.25) is 5.91 Å². The zero-order valence-electron chi connectivity index (χ0n) is 18.3. The average molecular weight is 443 g/mol. The molecular weight excluding hydrogens is 416 g/mol. The van der Waals surface area contributed by atoms with Crippen molar-refractivity contribution < 1.29 is 14.3 Å². The first-order valence-corrected chi connectivity index (χ1v) is 11.3. The number of ether oxygens (including phenoxy) is 1. The molecule has 1 aromatic heterocycles. The van der Waals surface area contributed by atoms with Crippen LogP contribution >= 0.6 is 0 Å². The summed E-state index contributed by atoms with van der Waals surface area (Å²) in [5, 5.41) is 3.13. The highest BCUT2D eigenvalue weighted by Crippen LogP contribution is 2.44. The van der Waals surface area contributed by atoms with Crippen LogP contribution in [-0.4, -0.2) is 38.8 Å². The van der Waals surface area contributed by atoms with Gasteiger partial charge >= 0.3 is 0 Å². The van der Waals surface area contributed by atoms with E-state index in [4.69, 9.17) is 4.74 Å². The lowest BCUT2D eigenvalue weighted by Gasteiger charge is -2.42. The van der Waals surface area contributed by atoms with Crippen LogP contribution in [0.1, 0.15) is 53.3 Å². The molecule has 2 atom stereocenters. The molecule has 2 aliphatic rings. The monoisotopic (exact) mass is 442 g/mol. The summed E-state index contributed by atoms with van der Waals surface area (Å²) in [5.41, 5.74) is 1.82. The average Bonchev–Trinajstić information content (AvgIpc) is 2.99. The Bertz CT molecular complexity index is 1140. The molecule has 2 amide bonds. The molecule has 168 valence electrons. The minimum absolute atomic E-state index is 0.137. The van der Waals surface area contributed by atoms with Crippen LogP contribution in [0.3, 0.4) is 0 Å². The van der Waals surface area contributed by atoms with Gasteiger partial charge in [-0.3, -0.25) is 14.6 Å². The molecule has 0 saturated carbocycles. The maximum absolute atomic E-state index is 12.9. The van der Waals surface area contributed by atoms with Crippen LogP contribution < -0.4 is 10.1 Å². The summed E-state index contributed by atoms with van der Waals surface area (Å²) in [4.78, 5) is 35.8. The van der Waals surface area contributed by atoms with Gasteiger partial charge in [-0.2, -0.15) is 0 Å². The van der Waals surface area contributed by atoms with Gasteiger partial charge in [0.1, 0.15) is 17.0 Å². The molecule has 0 bridgehead atoms. The van der Waals surface area contributed by atoms with E-state index < -0.39 is 5.60 Å². The van der Waals surface area contributed by atoms with E-state index in [1.165, 1.54) is 12.4 Å².